The van der Waals surface area contributed by atoms with Gasteiger partial charge in [0, 0.05) is 36.1 Å². The van der Waals surface area contributed by atoms with Crippen LogP contribution in [0.3, 0.4) is 0 Å². The lowest BCUT2D eigenvalue weighted by Gasteiger charge is -2.20. The Labute approximate surface area is 184 Å². The lowest BCUT2D eigenvalue weighted by Crippen LogP contribution is -2.37. The zero-order valence-corrected chi connectivity index (χ0v) is 18.0. The number of nitrogens with one attached hydrogen (secondary N) is 1. The molecule has 1 saturated heterocycles. The van der Waals surface area contributed by atoms with Gasteiger partial charge in [0.05, 0.1) is 11.5 Å². The number of nitrogens with zero attached hydrogens (tertiary/aromatic N) is 1. The van der Waals surface area contributed by atoms with Crippen molar-refractivity contribution in [3.8, 4) is 0 Å². The Morgan fingerprint density at radius 1 is 1.13 bits per heavy atom. The molecule has 2 aromatic rings. The van der Waals surface area contributed by atoms with E-state index in [-0.39, 0.29) is 30.8 Å². The summed E-state index contributed by atoms with van der Waals surface area (Å²) in [5, 5.41) is 3.26. The molecule has 0 aromatic heterocycles. The van der Waals surface area contributed by atoms with Gasteiger partial charge in [-0.15, -0.1) is 0 Å². The number of halogens is 4. The Morgan fingerprint density at radius 2 is 1.84 bits per heavy atom. The van der Waals surface area contributed by atoms with E-state index >= 15 is 0 Å². The summed E-state index contributed by atoms with van der Waals surface area (Å²) >= 11 is 5.99. The Balaban J connectivity index is 1.90. The van der Waals surface area contributed by atoms with Crippen LogP contribution in [0.4, 0.5) is 13.2 Å². The number of alkyl halides is 3. The van der Waals surface area contributed by atoms with Crippen molar-refractivity contribution in [3.05, 3.63) is 70.2 Å². The third kappa shape index (κ3) is 5.58. The normalized spacial score (nSPS) is 19.0. The van der Waals surface area contributed by atoms with E-state index in [1.54, 1.807) is 24.3 Å². The molecule has 3 rings (SSSR count). The Hall–Kier alpha value is -2.54. The fourth-order valence-electron chi connectivity index (χ4n) is 3.76. The molecule has 166 valence electrons. The Morgan fingerprint density at radius 3 is 2.48 bits per heavy atom. The molecule has 0 saturated carbocycles. The second-order valence-corrected chi connectivity index (χ2v) is 8.63. The standard InChI is InChI=1S/C23H24ClF3N2O2/c1-14(2)11-28-21(30)20-13-29(22(31)16-6-4-8-18(24)10-16)12-19(20)15-5-3-7-17(9-15)23(25,26)27/h3-10,14,19-20H,11-13H2,1-2H3,(H,28,30)/t19-,20+/m0/s1. The van der Waals surface area contributed by atoms with Crippen LogP contribution in [0.1, 0.15) is 41.3 Å². The lowest BCUT2D eigenvalue weighted by molar-refractivity contribution is -0.137. The molecule has 1 fully saturated rings. The van der Waals surface area contributed by atoms with Gasteiger partial charge in [0.15, 0.2) is 0 Å². The SMILES string of the molecule is CC(C)CNC(=O)[C@@H]1CN(C(=O)c2cccc(Cl)c2)C[C@H]1c1cccc(C(F)(F)F)c1. The predicted octanol–water partition coefficient (Wildman–Crippen LogP) is 4.99. The average molecular weight is 453 g/mol. The number of hydrogen-bond donors (Lipinski definition) is 1. The minimum atomic E-state index is -4.49. The van der Waals surface area contributed by atoms with E-state index in [0.717, 1.165) is 12.1 Å². The van der Waals surface area contributed by atoms with Gasteiger partial charge in [-0.25, -0.2) is 0 Å². The molecule has 0 radical (unpaired) electrons. The lowest BCUT2D eigenvalue weighted by atomic mass is 9.87. The number of carbonyl (C=O) groups excluding carboxylic acids is 2. The number of amides is 2. The molecule has 2 atom stereocenters. The highest BCUT2D eigenvalue weighted by atomic mass is 35.5. The summed E-state index contributed by atoms with van der Waals surface area (Å²) in [5.41, 5.74) is -0.00889. The summed E-state index contributed by atoms with van der Waals surface area (Å²) in [7, 11) is 0. The summed E-state index contributed by atoms with van der Waals surface area (Å²) in [5.74, 6) is -1.54. The number of carbonyl (C=O) groups is 2. The van der Waals surface area contributed by atoms with Crippen molar-refractivity contribution in [2.75, 3.05) is 19.6 Å². The summed E-state index contributed by atoms with van der Waals surface area (Å²) in [6.07, 6.45) is -4.49. The van der Waals surface area contributed by atoms with E-state index in [9.17, 15) is 22.8 Å². The van der Waals surface area contributed by atoms with Crippen LogP contribution in [0.25, 0.3) is 0 Å². The summed E-state index contributed by atoms with van der Waals surface area (Å²) in [6, 6.07) is 11.5. The van der Waals surface area contributed by atoms with Crippen LogP contribution < -0.4 is 5.32 Å². The van der Waals surface area contributed by atoms with Gasteiger partial charge in [0.2, 0.25) is 5.91 Å². The molecular formula is C23H24ClF3N2O2. The molecule has 0 bridgehead atoms. The van der Waals surface area contributed by atoms with Crippen molar-refractivity contribution in [2.24, 2.45) is 11.8 Å². The second kappa shape index (κ2) is 9.30. The van der Waals surface area contributed by atoms with Gasteiger partial charge in [0.25, 0.3) is 5.91 Å². The van der Waals surface area contributed by atoms with Crippen LogP contribution in [-0.4, -0.2) is 36.3 Å². The molecule has 2 aromatic carbocycles. The first kappa shape index (κ1) is 23.1. The highest BCUT2D eigenvalue weighted by molar-refractivity contribution is 6.30. The number of rotatable bonds is 5. The number of benzene rings is 2. The topological polar surface area (TPSA) is 49.4 Å². The van der Waals surface area contributed by atoms with E-state index in [0.29, 0.717) is 22.7 Å². The highest BCUT2D eigenvalue weighted by Gasteiger charge is 2.41. The molecule has 0 spiro atoms. The predicted molar refractivity (Wildman–Crippen MR) is 113 cm³/mol. The average Bonchev–Trinajstić information content (AvgIpc) is 3.16. The monoisotopic (exact) mass is 452 g/mol. The second-order valence-electron chi connectivity index (χ2n) is 8.20. The van der Waals surface area contributed by atoms with Crippen LogP contribution in [0.2, 0.25) is 5.02 Å². The van der Waals surface area contributed by atoms with Crippen LogP contribution in [0, 0.1) is 11.8 Å². The van der Waals surface area contributed by atoms with Gasteiger partial charge in [-0.1, -0.05) is 49.7 Å². The molecule has 1 aliphatic rings. The van der Waals surface area contributed by atoms with Crippen molar-refractivity contribution in [2.45, 2.75) is 25.9 Å². The molecule has 8 heteroatoms. The molecule has 31 heavy (non-hydrogen) atoms. The maximum atomic E-state index is 13.2. The van der Waals surface area contributed by atoms with Gasteiger partial charge >= 0.3 is 6.18 Å². The molecule has 2 amide bonds. The van der Waals surface area contributed by atoms with E-state index in [1.165, 1.54) is 17.0 Å². The molecule has 1 aliphatic heterocycles. The highest BCUT2D eigenvalue weighted by Crippen LogP contribution is 2.37. The van der Waals surface area contributed by atoms with Crippen LogP contribution in [-0.2, 0) is 11.0 Å². The van der Waals surface area contributed by atoms with Crippen molar-refractivity contribution in [1.29, 1.82) is 0 Å². The zero-order valence-electron chi connectivity index (χ0n) is 17.2. The van der Waals surface area contributed by atoms with Crippen LogP contribution >= 0.6 is 11.6 Å². The number of hydrogen-bond acceptors (Lipinski definition) is 2. The van der Waals surface area contributed by atoms with Gasteiger partial charge in [0.1, 0.15) is 0 Å². The zero-order chi connectivity index (χ0) is 22.8. The van der Waals surface area contributed by atoms with E-state index in [1.807, 2.05) is 13.8 Å². The van der Waals surface area contributed by atoms with Crippen LogP contribution in [0.5, 0.6) is 0 Å². The number of likely N-dealkylation sites (tertiary alicyclic amines) is 1. The quantitative estimate of drug-likeness (QED) is 0.695. The van der Waals surface area contributed by atoms with Gasteiger partial charge in [-0.3, -0.25) is 9.59 Å². The van der Waals surface area contributed by atoms with E-state index < -0.39 is 23.6 Å². The Bertz CT molecular complexity index is 962. The van der Waals surface area contributed by atoms with Crippen molar-refractivity contribution in [1.82, 2.24) is 10.2 Å². The smallest absolute Gasteiger partial charge is 0.356 e. The summed E-state index contributed by atoms with van der Waals surface area (Å²) in [6.45, 7) is 4.62. The van der Waals surface area contributed by atoms with Crippen molar-refractivity contribution in [3.63, 3.8) is 0 Å². The van der Waals surface area contributed by atoms with Gasteiger partial charge in [-0.05, 0) is 35.7 Å². The van der Waals surface area contributed by atoms with Crippen molar-refractivity contribution < 1.29 is 22.8 Å². The largest absolute Gasteiger partial charge is 0.416 e. The minimum absolute atomic E-state index is 0.121. The first-order chi connectivity index (χ1) is 14.6. The van der Waals surface area contributed by atoms with E-state index in [4.69, 9.17) is 11.6 Å². The first-order valence-electron chi connectivity index (χ1n) is 10.1. The van der Waals surface area contributed by atoms with Gasteiger partial charge in [-0.2, -0.15) is 13.2 Å². The molecular weight excluding hydrogens is 429 g/mol. The van der Waals surface area contributed by atoms with Crippen LogP contribution in [0.15, 0.2) is 48.5 Å². The third-order valence-corrected chi connectivity index (χ3v) is 5.58. The molecule has 1 N–H and O–H groups in total. The molecule has 0 aliphatic carbocycles. The Kier molecular flexibility index (Phi) is 6.94. The maximum absolute atomic E-state index is 13.2. The fourth-order valence-corrected chi connectivity index (χ4v) is 3.95. The summed E-state index contributed by atoms with van der Waals surface area (Å²) < 4.78 is 39.7. The molecule has 4 nitrogen and oxygen atoms in total. The third-order valence-electron chi connectivity index (χ3n) is 5.34. The molecule has 0 unspecified atom stereocenters. The summed E-state index contributed by atoms with van der Waals surface area (Å²) in [4.78, 5) is 27.4. The minimum Gasteiger partial charge on any atom is -0.356 e. The maximum Gasteiger partial charge on any atom is 0.416 e. The van der Waals surface area contributed by atoms with Crippen molar-refractivity contribution >= 4 is 23.4 Å². The fraction of sp³-hybridized carbons (Fsp3) is 0.391. The van der Waals surface area contributed by atoms with Gasteiger partial charge < -0.3 is 10.2 Å². The first-order valence-corrected chi connectivity index (χ1v) is 10.4. The molecule has 1 heterocycles. The van der Waals surface area contributed by atoms with E-state index in [2.05, 4.69) is 5.32 Å².